The molecule has 0 aromatic carbocycles. The van der Waals surface area contributed by atoms with E-state index < -0.39 is 0 Å². The first kappa shape index (κ1) is 8.53. The summed E-state index contributed by atoms with van der Waals surface area (Å²) in [6.07, 6.45) is 1.07. The summed E-state index contributed by atoms with van der Waals surface area (Å²) in [4.78, 5) is 11.0. The third kappa shape index (κ3) is 1.93. The van der Waals surface area contributed by atoms with E-state index in [1.54, 1.807) is 6.92 Å². The van der Waals surface area contributed by atoms with Gasteiger partial charge in [0.2, 0.25) is 5.91 Å². The molecular weight excluding hydrogens is 140 g/mol. The normalized spacial score (nSPS) is 29.3. The van der Waals surface area contributed by atoms with Crippen molar-refractivity contribution in [2.45, 2.75) is 39.3 Å². The zero-order valence-electron chi connectivity index (χ0n) is 7.35. The maximum atomic E-state index is 11.0. The van der Waals surface area contributed by atoms with Crippen LogP contribution in [0.15, 0.2) is 0 Å². The van der Waals surface area contributed by atoms with Gasteiger partial charge in [-0.3, -0.25) is 4.79 Å². The molecule has 1 amide bonds. The highest BCUT2D eigenvalue weighted by Gasteiger charge is 2.46. The van der Waals surface area contributed by atoms with Crippen molar-refractivity contribution in [3.63, 3.8) is 0 Å². The molecule has 3 N–H and O–H groups in total. The maximum absolute atomic E-state index is 11.0. The van der Waals surface area contributed by atoms with Crippen molar-refractivity contribution in [1.29, 1.82) is 0 Å². The Morgan fingerprint density at radius 2 is 2.18 bits per heavy atom. The summed E-state index contributed by atoms with van der Waals surface area (Å²) in [7, 11) is 0. The Morgan fingerprint density at radius 1 is 1.73 bits per heavy atom. The van der Waals surface area contributed by atoms with Crippen LogP contribution in [0.1, 0.15) is 27.2 Å². The summed E-state index contributed by atoms with van der Waals surface area (Å²) in [6, 6.07) is -0.0348. The second-order valence-corrected chi connectivity index (χ2v) is 4.04. The van der Waals surface area contributed by atoms with E-state index in [9.17, 15) is 4.79 Å². The average Bonchev–Trinajstić information content (AvgIpc) is 2.39. The molecule has 0 aromatic heterocycles. The van der Waals surface area contributed by atoms with Gasteiger partial charge >= 0.3 is 0 Å². The quantitative estimate of drug-likeness (QED) is 0.602. The molecule has 0 heterocycles. The van der Waals surface area contributed by atoms with Gasteiger partial charge in [-0.15, -0.1) is 0 Å². The Hall–Kier alpha value is -0.570. The Labute approximate surface area is 67.3 Å². The molecule has 3 heteroatoms. The maximum Gasteiger partial charge on any atom is 0.236 e. The van der Waals surface area contributed by atoms with E-state index in [0.717, 1.165) is 6.42 Å². The Balaban J connectivity index is 2.29. The molecule has 1 aliphatic rings. The summed E-state index contributed by atoms with van der Waals surface area (Å²) in [5, 5.41) is 2.88. The van der Waals surface area contributed by atoms with E-state index in [1.807, 2.05) is 0 Å². The lowest BCUT2D eigenvalue weighted by Gasteiger charge is -2.08. The molecule has 1 unspecified atom stereocenters. The van der Waals surface area contributed by atoms with Crippen LogP contribution in [-0.2, 0) is 4.79 Å². The third-order valence-corrected chi connectivity index (χ3v) is 2.24. The van der Waals surface area contributed by atoms with Gasteiger partial charge in [-0.05, 0) is 18.8 Å². The van der Waals surface area contributed by atoms with Crippen LogP contribution >= 0.6 is 0 Å². The Morgan fingerprint density at radius 3 is 2.45 bits per heavy atom. The first-order valence-corrected chi connectivity index (χ1v) is 3.99. The highest BCUT2D eigenvalue weighted by molar-refractivity contribution is 5.81. The van der Waals surface area contributed by atoms with Gasteiger partial charge in [-0.1, -0.05) is 13.8 Å². The lowest BCUT2D eigenvalue weighted by atomic mass is 10.2. The third-order valence-electron chi connectivity index (χ3n) is 2.24. The average molecular weight is 156 g/mol. The fourth-order valence-electron chi connectivity index (χ4n) is 1.02. The molecule has 11 heavy (non-hydrogen) atoms. The predicted octanol–water partition coefficient (Wildman–Crippen LogP) is 0.248. The summed E-state index contributed by atoms with van der Waals surface area (Å²) in [5.41, 5.74) is 5.68. The molecule has 0 radical (unpaired) electrons. The second kappa shape index (κ2) is 2.48. The Kier molecular flexibility index (Phi) is 1.92. The van der Waals surface area contributed by atoms with Crippen LogP contribution in [0.25, 0.3) is 0 Å². The smallest absolute Gasteiger partial charge is 0.236 e. The molecule has 0 bridgehead atoms. The van der Waals surface area contributed by atoms with Crippen molar-refractivity contribution < 1.29 is 4.79 Å². The van der Waals surface area contributed by atoms with Gasteiger partial charge in [-0.2, -0.15) is 0 Å². The number of rotatable bonds is 2. The molecule has 0 spiro atoms. The molecule has 1 aliphatic carbocycles. The van der Waals surface area contributed by atoms with Gasteiger partial charge < -0.3 is 11.1 Å². The van der Waals surface area contributed by atoms with E-state index in [-0.39, 0.29) is 11.9 Å². The zero-order valence-corrected chi connectivity index (χ0v) is 7.35. The molecular formula is C8H16N2O. The van der Waals surface area contributed by atoms with Crippen LogP contribution in [0.2, 0.25) is 0 Å². The van der Waals surface area contributed by atoms with Gasteiger partial charge in [-0.25, -0.2) is 0 Å². The summed E-state index contributed by atoms with van der Waals surface area (Å²) >= 11 is 0. The number of nitrogens with two attached hydrogens (primary N) is 1. The largest absolute Gasteiger partial charge is 0.351 e. The highest BCUT2D eigenvalue weighted by Crippen LogP contribution is 2.44. The summed E-state index contributed by atoms with van der Waals surface area (Å²) < 4.78 is 0. The van der Waals surface area contributed by atoms with Crippen LogP contribution in [0.3, 0.4) is 0 Å². The molecule has 1 rings (SSSR count). The van der Waals surface area contributed by atoms with Crippen LogP contribution in [-0.4, -0.2) is 18.0 Å². The summed E-state index contributed by atoms with van der Waals surface area (Å²) in [5.74, 6) is -0.0411. The van der Waals surface area contributed by atoms with Gasteiger partial charge in [0.1, 0.15) is 0 Å². The molecule has 1 saturated carbocycles. The fraction of sp³-hybridized carbons (Fsp3) is 0.875. The standard InChI is InChI=1S/C8H16N2O/c1-5(9)7(11)10-6-4-8(6,2)3/h5-6H,4,9H2,1-3H3,(H,10,11)/t5-,6?/m0/s1. The summed E-state index contributed by atoms with van der Waals surface area (Å²) in [6.45, 7) is 5.98. The Bertz CT molecular complexity index is 175. The van der Waals surface area contributed by atoms with E-state index in [1.165, 1.54) is 0 Å². The first-order chi connectivity index (χ1) is 4.93. The lowest BCUT2D eigenvalue weighted by Crippen LogP contribution is -2.40. The number of carbonyl (C=O) groups excluding carboxylic acids is 1. The number of hydrogen-bond acceptors (Lipinski definition) is 2. The minimum atomic E-state index is -0.383. The van der Waals surface area contributed by atoms with Crippen LogP contribution < -0.4 is 11.1 Å². The molecule has 2 atom stereocenters. The van der Waals surface area contributed by atoms with Crippen LogP contribution in [0.5, 0.6) is 0 Å². The number of carbonyl (C=O) groups is 1. The molecule has 0 aliphatic heterocycles. The second-order valence-electron chi connectivity index (χ2n) is 4.04. The van der Waals surface area contributed by atoms with Gasteiger partial charge in [0, 0.05) is 6.04 Å². The van der Waals surface area contributed by atoms with Crippen molar-refractivity contribution >= 4 is 5.91 Å². The lowest BCUT2D eigenvalue weighted by molar-refractivity contribution is -0.122. The number of nitrogens with one attached hydrogen (secondary N) is 1. The molecule has 3 nitrogen and oxygen atoms in total. The topological polar surface area (TPSA) is 55.1 Å². The van der Waals surface area contributed by atoms with Crippen LogP contribution in [0, 0.1) is 5.41 Å². The highest BCUT2D eigenvalue weighted by atomic mass is 16.2. The van der Waals surface area contributed by atoms with Gasteiger partial charge in [0.25, 0.3) is 0 Å². The van der Waals surface area contributed by atoms with E-state index in [2.05, 4.69) is 19.2 Å². The minimum absolute atomic E-state index is 0.0411. The SMILES string of the molecule is C[C@H](N)C(=O)NC1CC1(C)C. The minimum Gasteiger partial charge on any atom is -0.351 e. The predicted molar refractivity (Wildman–Crippen MR) is 44.0 cm³/mol. The van der Waals surface area contributed by atoms with E-state index in [4.69, 9.17) is 5.73 Å². The van der Waals surface area contributed by atoms with Crippen molar-refractivity contribution in [2.75, 3.05) is 0 Å². The van der Waals surface area contributed by atoms with E-state index in [0.29, 0.717) is 11.5 Å². The number of hydrogen-bond donors (Lipinski definition) is 2. The molecule has 1 fully saturated rings. The van der Waals surface area contributed by atoms with Gasteiger partial charge in [0.15, 0.2) is 0 Å². The zero-order chi connectivity index (χ0) is 8.65. The number of amides is 1. The molecule has 64 valence electrons. The van der Waals surface area contributed by atoms with Crippen LogP contribution in [0.4, 0.5) is 0 Å². The van der Waals surface area contributed by atoms with Crippen molar-refractivity contribution in [3.05, 3.63) is 0 Å². The van der Waals surface area contributed by atoms with Crippen molar-refractivity contribution in [2.24, 2.45) is 11.1 Å². The molecule has 0 saturated heterocycles. The fourth-order valence-corrected chi connectivity index (χ4v) is 1.02. The van der Waals surface area contributed by atoms with Crippen molar-refractivity contribution in [3.8, 4) is 0 Å². The molecule has 0 aromatic rings. The van der Waals surface area contributed by atoms with Crippen molar-refractivity contribution in [1.82, 2.24) is 5.32 Å². The monoisotopic (exact) mass is 156 g/mol. The van der Waals surface area contributed by atoms with Gasteiger partial charge in [0.05, 0.1) is 6.04 Å². The first-order valence-electron chi connectivity index (χ1n) is 3.99. The van der Waals surface area contributed by atoms with E-state index >= 15 is 0 Å².